The average Bonchev–Trinajstić information content (AvgIpc) is 2.69. The molecule has 0 spiro atoms. The molecule has 148 valence electrons. The van der Waals surface area contributed by atoms with Crippen molar-refractivity contribution in [3.8, 4) is 0 Å². The van der Waals surface area contributed by atoms with Crippen molar-refractivity contribution in [2.45, 2.75) is 16.0 Å². The summed E-state index contributed by atoms with van der Waals surface area (Å²) in [5.41, 5.74) is 3.03. The third-order valence-corrected chi connectivity index (χ3v) is 4.80. The van der Waals surface area contributed by atoms with E-state index < -0.39 is 16.7 Å². The molecule has 0 fully saturated rings. The number of nitrogens with zero attached hydrogens (tertiary/aromatic N) is 2. The summed E-state index contributed by atoms with van der Waals surface area (Å²) < 4.78 is 38.6. The lowest BCUT2D eigenvalue weighted by molar-refractivity contribution is -0.387. The van der Waals surface area contributed by atoms with Crippen molar-refractivity contribution in [3.63, 3.8) is 0 Å². The summed E-state index contributed by atoms with van der Waals surface area (Å²) in [6.45, 7) is 0. The Morgan fingerprint density at radius 1 is 1.00 bits per heavy atom. The number of benzene rings is 3. The van der Waals surface area contributed by atoms with Gasteiger partial charge in [-0.15, -0.1) is 0 Å². The second-order valence-corrected chi connectivity index (χ2v) is 6.96. The van der Waals surface area contributed by atoms with Gasteiger partial charge in [-0.05, 0) is 36.4 Å². The molecule has 9 heteroatoms. The first-order valence-corrected chi connectivity index (χ1v) is 9.12. The van der Waals surface area contributed by atoms with Crippen LogP contribution in [0.1, 0.15) is 11.1 Å². The smallest absolute Gasteiger partial charge is 0.279 e. The van der Waals surface area contributed by atoms with Gasteiger partial charge in [-0.3, -0.25) is 15.5 Å². The Labute approximate surface area is 168 Å². The summed E-state index contributed by atoms with van der Waals surface area (Å²) in [5, 5.41) is 15.5. The monoisotopic (exact) mass is 417 g/mol. The maximum absolute atomic E-state index is 12.9. The molecule has 0 amide bonds. The van der Waals surface area contributed by atoms with E-state index in [4.69, 9.17) is 0 Å². The SMILES string of the molecule is O=[N+]([O-])c1cc(C=NNc2ccccc2)ccc1Sc1cccc(C(F)(F)F)c1. The van der Waals surface area contributed by atoms with E-state index in [1.54, 1.807) is 6.07 Å². The number of nitro groups is 1. The van der Waals surface area contributed by atoms with Crippen LogP contribution < -0.4 is 5.43 Å². The molecule has 0 saturated carbocycles. The molecule has 5 nitrogen and oxygen atoms in total. The van der Waals surface area contributed by atoms with Crippen molar-refractivity contribution in [3.05, 3.63) is 94.0 Å². The zero-order chi connectivity index (χ0) is 20.9. The fraction of sp³-hybridized carbons (Fsp3) is 0.0500. The molecule has 0 aromatic heterocycles. The molecule has 0 radical (unpaired) electrons. The van der Waals surface area contributed by atoms with E-state index in [-0.39, 0.29) is 15.5 Å². The van der Waals surface area contributed by atoms with E-state index in [9.17, 15) is 23.3 Å². The number of halogens is 3. The first kappa shape index (κ1) is 20.4. The van der Waals surface area contributed by atoms with Crippen molar-refractivity contribution in [2.75, 3.05) is 5.43 Å². The van der Waals surface area contributed by atoms with Crippen LogP contribution in [0.25, 0.3) is 0 Å². The number of nitrogens with one attached hydrogen (secondary N) is 1. The van der Waals surface area contributed by atoms with E-state index in [0.717, 1.165) is 29.6 Å². The van der Waals surface area contributed by atoms with Gasteiger partial charge in [0.25, 0.3) is 5.69 Å². The summed E-state index contributed by atoms with van der Waals surface area (Å²) in [7, 11) is 0. The highest BCUT2D eigenvalue weighted by Crippen LogP contribution is 2.38. The van der Waals surface area contributed by atoms with Crippen LogP contribution in [-0.4, -0.2) is 11.1 Å². The van der Waals surface area contributed by atoms with Crippen LogP contribution >= 0.6 is 11.8 Å². The number of rotatable bonds is 6. The van der Waals surface area contributed by atoms with Gasteiger partial charge in [0.1, 0.15) is 0 Å². The summed E-state index contributed by atoms with van der Waals surface area (Å²) in [6.07, 6.45) is -3.05. The molecule has 0 aliphatic heterocycles. The molecule has 0 saturated heterocycles. The van der Waals surface area contributed by atoms with Crippen molar-refractivity contribution in [1.82, 2.24) is 0 Å². The van der Waals surface area contributed by atoms with Gasteiger partial charge >= 0.3 is 6.18 Å². The predicted octanol–water partition coefficient (Wildman–Crippen LogP) is 6.21. The summed E-state index contributed by atoms with van der Waals surface area (Å²) >= 11 is 0.900. The molecule has 3 aromatic rings. The van der Waals surface area contributed by atoms with Crippen LogP contribution in [0.3, 0.4) is 0 Å². The van der Waals surface area contributed by atoms with Crippen molar-refractivity contribution in [1.29, 1.82) is 0 Å². The topological polar surface area (TPSA) is 67.5 Å². The molecule has 0 heterocycles. The highest BCUT2D eigenvalue weighted by Gasteiger charge is 2.30. The maximum Gasteiger partial charge on any atom is 0.416 e. The van der Waals surface area contributed by atoms with Crippen molar-refractivity contribution in [2.24, 2.45) is 5.10 Å². The molecule has 0 unspecified atom stereocenters. The summed E-state index contributed by atoms with van der Waals surface area (Å²) in [5.74, 6) is 0. The number of hydrogen-bond donors (Lipinski definition) is 1. The lowest BCUT2D eigenvalue weighted by Crippen LogP contribution is -2.04. The number of hydrazone groups is 1. The van der Waals surface area contributed by atoms with E-state index >= 15 is 0 Å². The minimum absolute atomic E-state index is 0.212. The maximum atomic E-state index is 12.9. The van der Waals surface area contributed by atoms with Gasteiger partial charge in [-0.25, -0.2) is 0 Å². The third-order valence-electron chi connectivity index (χ3n) is 3.75. The molecule has 3 rings (SSSR count). The molecular formula is C20H14F3N3O2S. The minimum Gasteiger partial charge on any atom is -0.279 e. The quantitative estimate of drug-likeness (QED) is 0.294. The van der Waals surface area contributed by atoms with Gasteiger partial charge in [-0.2, -0.15) is 18.3 Å². The van der Waals surface area contributed by atoms with E-state index in [0.29, 0.717) is 5.56 Å². The van der Waals surface area contributed by atoms with Gasteiger partial charge in [-0.1, -0.05) is 42.1 Å². The van der Waals surface area contributed by atoms with Crippen LogP contribution in [-0.2, 0) is 6.18 Å². The largest absolute Gasteiger partial charge is 0.416 e. The zero-order valence-electron chi connectivity index (χ0n) is 14.8. The van der Waals surface area contributed by atoms with E-state index in [2.05, 4.69) is 10.5 Å². The van der Waals surface area contributed by atoms with E-state index in [1.807, 2.05) is 30.3 Å². The molecule has 0 atom stereocenters. The fourth-order valence-electron chi connectivity index (χ4n) is 2.40. The van der Waals surface area contributed by atoms with Crippen molar-refractivity contribution >= 4 is 29.4 Å². The molecule has 29 heavy (non-hydrogen) atoms. The zero-order valence-corrected chi connectivity index (χ0v) is 15.6. The Bertz CT molecular complexity index is 1040. The molecule has 0 bridgehead atoms. The van der Waals surface area contributed by atoms with Gasteiger partial charge in [0.15, 0.2) is 0 Å². The van der Waals surface area contributed by atoms with Crippen molar-refractivity contribution < 1.29 is 18.1 Å². The highest BCUT2D eigenvalue weighted by atomic mass is 32.2. The molecule has 0 aliphatic carbocycles. The Morgan fingerprint density at radius 3 is 2.45 bits per heavy atom. The number of nitro benzene ring substituents is 1. The first-order chi connectivity index (χ1) is 13.8. The first-order valence-electron chi connectivity index (χ1n) is 8.30. The second-order valence-electron chi connectivity index (χ2n) is 5.85. The van der Waals surface area contributed by atoms with Crippen LogP contribution in [0.2, 0.25) is 0 Å². The standard InChI is InChI=1S/C20H14F3N3O2S/c21-20(22,23)15-5-4-8-17(12-15)29-19-10-9-14(11-18(19)26(27)28)13-24-25-16-6-2-1-3-7-16/h1-13,25H. The van der Waals surface area contributed by atoms with Crippen LogP contribution in [0.5, 0.6) is 0 Å². The minimum atomic E-state index is -4.48. The third kappa shape index (κ3) is 5.58. The normalized spacial score (nSPS) is 11.6. The Morgan fingerprint density at radius 2 is 1.76 bits per heavy atom. The molecule has 0 aliphatic rings. The van der Waals surface area contributed by atoms with Crippen LogP contribution in [0.15, 0.2) is 87.7 Å². The summed E-state index contributed by atoms with van der Waals surface area (Å²) in [4.78, 5) is 11.4. The highest BCUT2D eigenvalue weighted by molar-refractivity contribution is 7.99. The van der Waals surface area contributed by atoms with Crippen LogP contribution in [0.4, 0.5) is 24.5 Å². The fourth-order valence-corrected chi connectivity index (χ4v) is 3.36. The number of para-hydroxylation sites is 1. The Hall–Kier alpha value is -3.33. The Balaban J connectivity index is 1.81. The predicted molar refractivity (Wildman–Crippen MR) is 106 cm³/mol. The Kier molecular flexibility index (Phi) is 6.18. The second kappa shape index (κ2) is 8.78. The number of anilines is 1. The molecule has 1 N–H and O–H groups in total. The summed E-state index contributed by atoms with van der Waals surface area (Å²) in [6, 6.07) is 18.3. The van der Waals surface area contributed by atoms with Gasteiger partial charge in [0.2, 0.25) is 0 Å². The average molecular weight is 417 g/mol. The lowest BCUT2D eigenvalue weighted by Gasteiger charge is -2.09. The van der Waals surface area contributed by atoms with Crippen LogP contribution in [0, 0.1) is 10.1 Å². The van der Waals surface area contributed by atoms with Gasteiger partial charge < -0.3 is 0 Å². The molecular weight excluding hydrogens is 403 g/mol. The van der Waals surface area contributed by atoms with Gasteiger partial charge in [0, 0.05) is 16.5 Å². The molecule has 3 aromatic carbocycles. The number of alkyl halides is 3. The van der Waals surface area contributed by atoms with Gasteiger partial charge in [0.05, 0.1) is 27.3 Å². The number of hydrogen-bond acceptors (Lipinski definition) is 5. The van der Waals surface area contributed by atoms with E-state index in [1.165, 1.54) is 30.5 Å². The lowest BCUT2D eigenvalue weighted by atomic mass is 10.2.